The standard InChI is InChI=1S/C21H35N5O/c1-2-22-21(23-10-12-25-13-15-27-16-14-25)24-17-20-9-6-11-26(20)18-19-7-4-3-5-8-19/h3-5,7-8,20H,2,6,9-18H2,1H3,(H2,22,23,24). The third-order valence-electron chi connectivity index (χ3n) is 5.36. The van der Waals surface area contributed by atoms with Crippen LogP contribution in [0.15, 0.2) is 35.3 Å². The monoisotopic (exact) mass is 373 g/mol. The van der Waals surface area contributed by atoms with Crippen LogP contribution >= 0.6 is 0 Å². The number of benzene rings is 1. The highest BCUT2D eigenvalue weighted by Gasteiger charge is 2.24. The van der Waals surface area contributed by atoms with Gasteiger partial charge in [-0.1, -0.05) is 30.3 Å². The van der Waals surface area contributed by atoms with Crippen molar-refractivity contribution in [3.05, 3.63) is 35.9 Å². The molecule has 0 bridgehead atoms. The fourth-order valence-corrected chi connectivity index (χ4v) is 3.82. The molecule has 0 aromatic heterocycles. The average Bonchev–Trinajstić information content (AvgIpc) is 3.14. The molecule has 2 fully saturated rings. The van der Waals surface area contributed by atoms with Crippen LogP contribution in [0.1, 0.15) is 25.3 Å². The minimum absolute atomic E-state index is 0.542. The van der Waals surface area contributed by atoms with Crippen LogP contribution < -0.4 is 10.6 Å². The van der Waals surface area contributed by atoms with Gasteiger partial charge in [0, 0.05) is 45.3 Å². The van der Waals surface area contributed by atoms with Gasteiger partial charge in [-0.15, -0.1) is 0 Å². The SMILES string of the molecule is CCNC(=NCC1CCCN1Cc1ccccc1)NCCN1CCOCC1. The predicted octanol–water partition coefficient (Wildman–Crippen LogP) is 1.54. The van der Waals surface area contributed by atoms with Crippen LogP contribution in [-0.2, 0) is 11.3 Å². The number of ether oxygens (including phenoxy) is 1. The van der Waals surface area contributed by atoms with Gasteiger partial charge in [0.05, 0.1) is 19.8 Å². The van der Waals surface area contributed by atoms with Gasteiger partial charge in [-0.05, 0) is 31.9 Å². The highest BCUT2D eigenvalue weighted by atomic mass is 16.5. The molecule has 2 N–H and O–H groups in total. The summed E-state index contributed by atoms with van der Waals surface area (Å²) in [6, 6.07) is 11.3. The molecule has 1 atom stereocenters. The van der Waals surface area contributed by atoms with Crippen LogP contribution in [0.3, 0.4) is 0 Å². The molecule has 1 aromatic carbocycles. The zero-order valence-electron chi connectivity index (χ0n) is 16.7. The van der Waals surface area contributed by atoms with Gasteiger partial charge in [0.2, 0.25) is 0 Å². The molecule has 0 radical (unpaired) electrons. The van der Waals surface area contributed by atoms with Gasteiger partial charge in [0.25, 0.3) is 0 Å². The molecule has 3 rings (SSSR count). The number of nitrogens with zero attached hydrogens (tertiary/aromatic N) is 3. The zero-order valence-corrected chi connectivity index (χ0v) is 16.7. The Bertz CT molecular complexity index is 559. The normalized spacial score (nSPS) is 22.1. The molecule has 2 aliphatic rings. The number of aliphatic imine (C=N–C) groups is 1. The highest BCUT2D eigenvalue weighted by Crippen LogP contribution is 2.20. The van der Waals surface area contributed by atoms with Gasteiger partial charge >= 0.3 is 0 Å². The van der Waals surface area contributed by atoms with Crippen molar-refractivity contribution in [3.63, 3.8) is 0 Å². The summed E-state index contributed by atoms with van der Waals surface area (Å²) < 4.78 is 5.41. The highest BCUT2D eigenvalue weighted by molar-refractivity contribution is 5.79. The molecule has 2 heterocycles. The molecule has 150 valence electrons. The van der Waals surface area contributed by atoms with Crippen molar-refractivity contribution in [2.24, 2.45) is 4.99 Å². The summed E-state index contributed by atoms with van der Waals surface area (Å²) in [6.45, 7) is 11.8. The number of rotatable bonds is 8. The molecule has 1 aromatic rings. The number of hydrogen-bond acceptors (Lipinski definition) is 4. The number of nitrogens with one attached hydrogen (secondary N) is 2. The molecule has 27 heavy (non-hydrogen) atoms. The summed E-state index contributed by atoms with van der Waals surface area (Å²) in [5, 5.41) is 6.88. The van der Waals surface area contributed by atoms with Crippen molar-refractivity contribution in [1.82, 2.24) is 20.4 Å². The quantitative estimate of drug-likeness (QED) is 0.535. The van der Waals surface area contributed by atoms with Crippen LogP contribution in [-0.4, -0.2) is 80.8 Å². The van der Waals surface area contributed by atoms with Crippen LogP contribution in [0.2, 0.25) is 0 Å². The van der Waals surface area contributed by atoms with Crippen LogP contribution in [0.5, 0.6) is 0 Å². The lowest BCUT2D eigenvalue weighted by atomic mass is 10.2. The number of hydrogen-bond donors (Lipinski definition) is 2. The van der Waals surface area contributed by atoms with E-state index < -0.39 is 0 Å². The Morgan fingerprint density at radius 2 is 1.96 bits per heavy atom. The fraction of sp³-hybridized carbons (Fsp3) is 0.667. The lowest BCUT2D eigenvalue weighted by Crippen LogP contribution is -2.44. The molecule has 0 spiro atoms. The van der Waals surface area contributed by atoms with Gasteiger partial charge in [-0.2, -0.15) is 0 Å². The Morgan fingerprint density at radius 3 is 2.74 bits per heavy atom. The van der Waals surface area contributed by atoms with E-state index in [1.807, 2.05) is 0 Å². The molecule has 0 aliphatic carbocycles. The summed E-state index contributed by atoms with van der Waals surface area (Å²) >= 11 is 0. The van der Waals surface area contributed by atoms with E-state index in [2.05, 4.69) is 57.7 Å². The topological polar surface area (TPSA) is 52.1 Å². The Labute approximate surface area is 164 Å². The number of likely N-dealkylation sites (tertiary alicyclic amines) is 1. The summed E-state index contributed by atoms with van der Waals surface area (Å²) in [4.78, 5) is 9.90. The molecular formula is C21H35N5O. The molecule has 0 saturated carbocycles. The van der Waals surface area contributed by atoms with E-state index in [4.69, 9.17) is 9.73 Å². The maximum atomic E-state index is 5.41. The van der Waals surface area contributed by atoms with Crippen molar-refractivity contribution in [1.29, 1.82) is 0 Å². The molecule has 1 unspecified atom stereocenters. The molecule has 2 saturated heterocycles. The van der Waals surface area contributed by atoms with E-state index in [0.29, 0.717) is 6.04 Å². The Hall–Kier alpha value is -1.63. The smallest absolute Gasteiger partial charge is 0.191 e. The van der Waals surface area contributed by atoms with E-state index >= 15 is 0 Å². The summed E-state index contributed by atoms with van der Waals surface area (Å²) in [6.07, 6.45) is 2.51. The second kappa shape index (κ2) is 11.3. The first kappa shape index (κ1) is 20.1. The van der Waals surface area contributed by atoms with Crippen molar-refractivity contribution >= 4 is 5.96 Å². The number of guanidine groups is 1. The minimum atomic E-state index is 0.542. The lowest BCUT2D eigenvalue weighted by molar-refractivity contribution is 0.0389. The molecule has 6 heteroatoms. The first-order valence-corrected chi connectivity index (χ1v) is 10.5. The van der Waals surface area contributed by atoms with Crippen LogP contribution in [0, 0.1) is 0 Å². The van der Waals surface area contributed by atoms with Gasteiger partial charge in [0.15, 0.2) is 5.96 Å². The summed E-state index contributed by atoms with van der Waals surface area (Å²) in [7, 11) is 0. The average molecular weight is 374 g/mol. The van der Waals surface area contributed by atoms with Gasteiger partial charge in [-0.3, -0.25) is 14.8 Å². The third-order valence-corrected chi connectivity index (χ3v) is 5.36. The maximum absolute atomic E-state index is 5.41. The molecule has 2 aliphatic heterocycles. The zero-order chi connectivity index (χ0) is 18.7. The second-order valence-corrected chi connectivity index (χ2v) is 7.35. The third kappa shape index (κ3) is 6.79. The van der Waals surface area contributed by atoms with Gasteiger partial charge in [0.1, 0.15) is 0 Å². The van der Waals surface area contributed by atoms with Crippen molar-refractivity contribution in [2.45, 2.75) is 32.4 Å². The van der Waals surface area contributed by atoms with Crippen LogP contribution in [0.25, 0.3) is 0 Å². The van der Waals surface area contributed by atoms with Crippen LogP contribution in [0.4, 0.5) is 0 Å². The molecular weight excluding hydrogens is 338 g/mol. The van der Waals surface area contributed by atoms with E-state index in [1.54, 1.807) is 0 Å². The van der Waals surface area contributed by atoms with Crippen molar-refractivity contribution in [2.75, 3.05) is 59.0 Å². The fourth-order valence-electron chi connectivity index (χ4n) is 3.82. The summed E-state index contributed by atoms with van der Waals surface area (Å²) in [5.41, 5.74) is 1.39. The van der Waals surface area contributed by atoms with Crippen molar-refractivity contribution in [3.8, 4) is 0 Å². The second-order valence-electron chi connectivity index (χ2n) is 7.35. The Balaban J connectivity index is 1.46. The summed E-state index contributed by atoms with van der Waals surface area (Å²) in [5.74, 6) is 0.942. The lowest BCUT2D eigenvalue weighted by Gasteiger charge is -2.27. The first-order valence-electron chi connectivity index (χ1n) is 10.5. The van der Waals surface area contributed by atoms with Gasteiger partial charge in [-0.25, -0.2) is 0 Å². The van der Waals surface area contributed by atoms with E-state index in [9.17, 15) is 0 Å². The van der Waals surface area contributed by atoms with E-state index in [1.165, 1.54) is 24.9 Å². The Morgan fingerprint density at radius 1 is 1.15 bits per heavy atom. The Kier molecular flexibility index (Phi) is 8.39. The predicted molar refractivity (Wildman–Crippen MR) is 111 cm³/mol. The molecule has 6 nitrogen and oxygen atoms in total. The first-order chi connectivity index (χ1) is 13.3. The maximum Gasteiger partial charge on any atom is 0.191 e. The van der Waals surface area contributed by atoms with E-state index in [0.717, 1.165) is 65.0 Å². The molecule has 0 amide bonds. The largest absolute Gasteiger partial charge is 0.379 e. The minimum Gasteiger partial charge on any atom is -0.379 e. The van der Waals surface area contributed by atoms with Crippen molar-refractivity contribution < 1.29 is 4.74 Å². The number of morpholine rings is 1. The van der Waals surface area contributed by atoms with Gasteiger partial charge < -0.3 is 15.4 Å². The van der Waals surface area contributed by atoms with E-state index in [-0.39, 0.29) is 0 Å².